The van der Waals surface area contributed by atoms with Crippen LogP contribution in [-0.2, 0) is 19.3 Å². The van der Waals surface area contributed by atoms with Gasteiger partial charge in [-0.05, 0) is 105 Å². The van der Waals surface area contributed by atoms with Crippen LogP contribution in [0.4, 0.5) is 4.39 Å². The van der Waals surface area contributed by atoms with E-state index < -0.39 is 0 Å². The van der Waals surface area contributed by atoms with E-state index >= 15 is 0 Å². The molecule has 0 radical (unpaired) electrons. The third kappa shape index (κ3) is 10.7. The van der Waals surface area contributed by atoms with Crippen molar-refractivity contribution in [3.8, 4) is 0 Å². The number of likely N-dealkylation sites (N-methyl/N-ethyl adjacent to an activating group) is 1. The molecule has 266 valence electrons. The zero-order chi connectivity index (χ0) is 36.0. The smallest absolute Gasteiger partial charge is 0.127 e. The minimum atomic E-state index is -0.266. The minimum absolute atomic E-state index is 0.0125. The Morgan fingerprint density at radius 2 is 1.86 bits per heavy atom. The standard InChI is InChI=1S/C45H57ClFN3/c1-8-17-40(41-19-13-11-14-20-41)18-15-12-16-27-50-36(6)33-49(29-26-42-23-24-43(46)32-44(42)47)37(7)45(50)31-35(5)48(10-3)28-25-39-22-21-38(9-2)30-34(39)4/h8,12-13,15,17-24,30,32,45H,5-7,9-11,14,16,25-29,31,33H2,1-4H3/b15-12+,17-8-,40-18+. The first-order valence-electron chi connectivity index (χ1n) is 18.3. The molecule has 2 aliphatic rings. The van der Waals surface area contributed by atoms with Crippen LogP contribution in [0.25, 0.3) is 0 Å². The van der Waals surface area contributed by atoms with Crippen molar-refractivity contribution in [3.05, 3.63) is 166 Å². The van der Waals surface area contributed by atoms with E-state index in [1.165, 1.54) is 33.9 Å². The summed E-state index contributed by atoms with van der Waals surface area (Å²) in [5, 5.41) is 0.412. The van der Waals surface area contributed by atoms with Crippen molar-refractivity contribution >= 4 is 11.6 Å². The number of halogens is 2. The van der Waals surface area contributed by atoms with Crippen molar-refractivity contribution in [3.63, 3.8) is 0 Å². The fourth-order valence-corrected chi connectivity index (χ4v) is 7.07. The number of rotatable bonds is 17. The van der Waals surface area contributed by atoms with Gasteiger partial charge in [-0.25, -0.2) is 4.39 Å². The first-order chi connectivity index (χ1) is 24.1. The quantitative estimate of drug-likeness (QED) is 0.153. The van der Waals surface area contributed by atoms with Crippen molar-refractivity contribution < 1.29 is 4.39 Å². The maximum Gasteiger partial charge on any atom is 0.127 e. The number of aryl methyl sites for hydroxylation is 2. The molecule has 0 amide bonds. The summed E-state index contributed by atoms with van der Waals surface area (Å²) in [6, 6.07) is 11.8. The van der Waals surface area contributed by atoms with Gasteiger partial charge in [0.1, 0.15) is 5.82 Å². The third-order valence-corrected chi connectivity index (χ3v) is 10.2. The van der Waals surface area contributed by atoms with E-state index in [1.54, 1.807) is 12.1 Å². The zero-order valence-corrected chi connectivity index (χ0v) is 31.6. The van der Waals surface area contributed by atoms with Crippen LogP contribution in [0.1, 0.15) is 68.7 Å². The van der Waals surface area contributed by atoms with Gasteiger partial charge in [-0.1, -0.05) is 111 Å². The summed E-state index contributed by atoms with van der Waals surface area (Å²) < 4.78 is 14.7. The number of hydrogen-bond acceptors (Lipinski definition) is 3. The molecule has 1 atom stereocenters. The number of hydrogen-bond donors (Lipinski definition) is 0. The molecule has 4 rings (SSSR count). The molecule has 1 saturated heterocycles. The van der Waals surface area contributed by atoms with Crippen LogP contribution >= 0.6 is 11.6 Å². The van der Waals surface area contributed by atoms with Gasteiger partial charge in [0.25, 0.3) is 0 Å². The highest BCUT2D eigenvalue weighted by Gasteiger charge is 2.32. The van der Waals surface area contributed by atoms with E-state index in [2.05, 4.69) is 129 Å². The summed E-state index contributed by atoms with van der Waals surface area (Å²) in [5.41, 5.74) is 10.5. The van der Waals surface area contributed by atoms with Gasteiger partial charge in [0, 0.05) is 54.7 Å². The molecule has 2 aromatic rings. The summed E-state index contributed by atoms with van der Waals surface area (Å²) in [5.74, 6) is -0.266. The molecule has 1 fully saturated rings. The van der Waals surface area contributed by atoms with Crippen molar-refractivity contribution in [2.75, 3.05) is 32.7 Å². The molecule has 1 aliphatic heterocycles. The van der Waals surface area contributed by atoms with Crippen molar-refractivity contribution in [2.45, 2.75) is 78.7 Å². The number of allylic oxidation sites excluding steroid dienone is 9. The Morgan fingerprint density at radius 3 is 2.54 bits per heavy atom. The zero-order valence-electron chi connectivity index (χ0n) is 30.9. The molecule has 1 heterocycles. The second kappa shape index (κ2) is 19.4. The lowest BCUT2D eigenvalue weighted by molar-refractivity contribution is 0.161. The Morgan fingerprint density at radius 1 is 1.06 bits per heavy atom. The molecule has 0 spiro atoms. The average Bonchev–Trinajstić information content (AvgIpc) is 3.11. The molecule has 2 aromatic carbocycles. The molecular weight excluding hydrogens is 637 g/mol. The van der Waals surface area contributed by atoms with E-state index in [-0.39, 0.29) is 11.9 Å². The molecule has 1 aliphatic carbocycles. The van der Waals surface area contributed by atoms with Gasteiger partial charge in [-0.3, -0.25) is 0 Å². The first-order valence-corrected chi connectivity index (χ1v) is 18.7. The fourth-order valence-electron chi connectivity index (χ4n) is 6.91. The van der Waals surface area contributed by atoms with Crippen molar-refractivity contribution in [1.29, 1.82) is 0 Å². The van der Waals surface area contributed by atoms with Gasteiger partial charge in [0.15, 0.2) is 0 Å². The molecule has 0 bridgehead atoms. The monoisotopic (exact) mass is 693 g/mol. The highest BCUT2D eigenvalue weighted by atomic mass is 35.5. The second-order valence-corrected chi connectivity index (χ2v) is 13.8. The molecule has 1 unspecified atom stereocenters. The molecule has 0 saturated carbocycles. The lowest BCUT2D eigenvalue weighted by Crippen LogP contribution is -2.50. The normalized spacial score (nSPS) is 17.0. The van der Waals surface area contributed by atoms with E-state index in [0.29, 0.717) is 30.1 Å². The summed E-state index contributed by atoms with van der Waals surface area (Å²) in [4.78, 5) is 7.10. The van der Waals surface area contributed by atoms with Crippen LogP contribution in [0.2, 0.25) is 5.02 Å². The Kier molecular flexibility index (Phi) is 15.0. The van der Waals surface area contributed by atoms with Crippen LogP contribution in [0.5, 0.6) is 0 Å². The highest BCUT2D eigenvalue weighted by Crippen LogP contribution is 2.31. The Hall–Kier alpha value is -4.02. The molecule has 50 heavy (non-hydrogen) atoms. The van der Waals surface area contributed by atoms with Crippen LogP contribution < -0.4 is 0 Å². The highest BCUT2D eigenvalue weighted by molar-refractivity contribution is 6.30. The van der Waals surface area contributed by atoms with Crippen LogP contribution in [0, 0.1) is 12.7 Å². The maximum absolute atomic E-state index is 14.7. The molecular formula is C45H57ClFN3. The van der Waals surface area contributed by atoms with Gasteiger partial charge < -0.3 is 14.7 Å². The molecule has 0 aromatic heterocycles. The van der Waals surface area contributed by atoms with Gasteiger partial charge in [0.2, 0.25) is 0 Å². The fraction of sp³-hybridized carbons (Fsp3) is 0.378. The number of nitrogens with zero attached hydrogens (tertiary/aromatic N) is 3. The minimum Gasteiger partial charge on any atom is -0.375 e. The van der Waals surface area contributed by atoms with Gasteiger partial charge in [-0.2, -0.15) is 0 Å². The Balaban J connectivity index is 1.48. The summed E-state index contributed by atoms with van der Waals surface area (Å²) in [6.07, 6.45) is 24.1. The average molecular weight is 694 g/mol. The lowest BCUT2D eigenvalue weighted by Gasteiger charge is -2.47. The summed E-state index contributed by atoms with van der Waals surface area (Å²) >= 11 is 6.02. The van der Waals surface area contributed by atoms with E-state index in [1.807, 2.05) is 0 Å². The largest absolute Gasteiger partial charge is 0.375 e. The summed E-state index contributed by atoms with van der Waals surface area (Å²) in [7, 11) is 0. The SMILES string of the molecule is C=C(CC1C(=C)N(CCc2ccc(Cl)cc2F)CC(=C)N1CC/C=C/C=C(\C=C/C)C1=CCCC=C1)N(CC)CCc1ccc(CC)cc1C. The van der Waals surface area contributed by atoms with Crippen LogP contribution in [-0.4, -0.2) is 53.5 Å². The predicted molar refractivity (Wildman–Crippen MR) is 214 cm³/mol. The van der Waals surface area contributed by atoms with E-state index in [0.717, 1.165) is 75.3 Å². The van der Waals surface area contributed by atoms with E-state index in [4.69, 9.17) is 11.6 Å². The molecule has 3 nitrogen and oxygen atoms in total. The van der Waals surface area contributed by atoms with Crippen molar-refractivity contribution in [2.24, 2.45) is 0 Å². The summed E-state index contributed by atoms with van der Waals surface area (Å²) in [6.45, 7) is 26.4. The van der Waals surface area contributed by atoms with Crippen LogP contribution in [0.15, 0.2) is 133 Å². The third-order valence-electron chi connectivity index (χ3n) is 9.96. The maximum atomic E-state index is 14.7. The Labute approximate surface area is 307 Å². The van der Waals surface area contributed by atoms with Crippen molar-refractivity contribution in [1.82, 2.24) is 14.7 Å². The molecule has 0 N–H and O–H groups in total. The van der Waals surface area contributed by atoms with E-state index in [9.17, 15) is 4.39 Å². The molecule has 5 heteroatoms. The first kappa shape index (κ1) is 38.8. The topological polar surface area (TPSA) is 9.72 Å². The number of piperazine rings is 1. The van der Waals surface area contributed by atoms with Crippen LogP contribution in [0.3, 0.4) is 0 Å². The lowest BCUT2D eigenvalue weighted by atomic mass is 9.98. The Bertz CT molecular complexity index is 1660. The number of benzene rings is 2. The second-order valence-electron chi connectivity index (χ2n) is 13.4. The van der Waals surface area contributed by atoms with Gasteiger partial charge >= 0.3 is 0 Å². The van der Waals surface area contributed by atoms with Gasteiger partial charge in [0.05, 0.1) is 12.6 Å². The predicted octanol–water partition coefficient (Wildman–Crippen LogP) is 11.1. The van der Waals surface area contributed by atoms with Gasteiger partial charge in [-0.15, -0.1) is 0 Å².